The Labute approximate surface area is 160 Å². The lowest BCUT2D eigenvalue weighted by molar-refractivity contribution is 0.102. The zero-order valence-corrected chi connectivity index (χ0v) is 15.7. The molecule has 2 heterocycles. The summed E-state index contributed by atoms with van der Waals surface area (Å²) in [7, 11) is 0. The fourth-order valence-electron chi connectivity index (χ4n) is 3.05. The molecule has 0 saturated heterocycles. The summed E-state index contributed by atoms with van der Waals surface area (Å²) in [5, 5.41) is 4.74. The Hall–Kier alpha value is -3.25. The van der Waals surface area contributed by atoms with E-state index in [0.717, 1.165) is 28.1 Å². The molecule has 0 saturated carbocycles. The highest BCUT2D eigenvalue weighted by Gasteiger charge is 2.18. The molecule has 0 spiro atoms. The monoisotopic (exact) mass is 375 g/mol. The van der Waals surface area contributed by atoms with E-state index < -0.39 is 5.91 Å². The molecule has 27 heavy (non-hydrogen) atoms. The van der Waals surface area contributed by atoms with Crippen LogP contribution in [0.5, 0.6) is 0 Å². The summed E-state index contributed by atoms with van der Waals surface area (Å²) in [5.74, 6) is -0.454. The van der Waals surface area contributed by atoms with Gasteiger partial charge in [-0.25, -0.2) is 4.98 Å². The fraction of sp³-hybridized carbons (Fsp3) is 0.0952. The summed E-state index contributed by atoms with van der Waals surface area (Å²) < 4.78 is 1.50. The molecule has 0 aliphatic rings. The van der Waals surface area contributed by atoms with Crippen LogP contribution in [0.1, 0.15) is 21.5 Å². The molecule has 0 bridgehead atoms. The van der Waals surface area contributed by atoms with Crippen molar-refractivity contribution in [2.45, 2.75) is 13.8 Å². The average Bonchev–Trinajstić information content (AvgIpc) is 3.11. The lowest BCUT2D eigenvalue weighted by atomic mass is 10.1. The van der Waals surface area contributed by atoms with Crippen molar-refractivity contribution < 1.29 is 4.79 Å². The van der Waals surface area contributed by atoms with Crippen LogP contribution >= 0.6 is 11.3 Å². The van der Waals surface area contributed by atoms with Gasteiger partial charge in [-0.1, -0.05) is 48.5 Å². The first-order valence-corrected chi connectivity index (χ1v) is 9.36. The molecule has 2 aromatic heterocycles. The summed E-state index contributed by atoms with van der Waals surface area (Å²) >= 11 is 1.37. The molecule has 1 amide bonds. The standard InChI is InChI=1S/C21H17N3O2S/c1-13-7-6-8-14(2)18(13)23-19(25)16-11-22-21-24(20(16)26)17(12-27-21)15-9-4-3-5-10-15/h3-12H,1-2H3,(H,23,25). The molecule has 0 radical (unpaired) electrons. The minimum atomic E-state index is -0.454. The number of amides is 1. The summed E-state index contributed by atoms with van der Waals surface area (Å²) in [6.07, 6.45) is 1.35. The largest absolute Gasteiger partial charge is 0.321 e. The Morgan fingerprint density at radius 1 is 1.04 bits per heavy atom. The molecule has 134 valence electrons. The Kier molecular flexibility index (Phi) is 4.33. The van der Waals surface area contributed by atoms with E-state index in [1.54, 1.807) is 0 Å². The predicted octanol–water partition coefficient (Wildman–Crippen LogP) is 4.29. The minimum Gasteiger partial charge on any atom is -0.321 e. The molecule has 6 heteroatoms. The number of hydrogen-bond donors (Lipinski definition) is 1. The third-order valence-electron chi connectivity index (χ3n) is 4.48. The van der Waals surface area contributed by atoms with Crippen LogP contribution < -0.4 is 10.9 Å². The third-order valence-corrected chi connectivity index (χ3v) is 5.32. The number of thiazole rings is 1. The van der Waals surface area contributed by atoms with Gasteiger partial charge in [0.1, 0.15) is 5.56 Å². The maximum Gasteiger partial charge on any atom is 0.271 e. The quantitative estimate of drug-likeness (QED) is 0.581. The number of hydrogen-bond acceptors (Lipinski definition) is 4. The topological polar surface area (TPSA) is 63.5 Å². The van der Waals surface area contributed by atoms with Crippen molar-refractivity contribution in [1.29, 1.82) is 0 Å². The highest BCUT2D eigenvalue weighted by atomic mass is 32.1. The normalized spacial score (nSPS) is 10.9. The van der Waals surface area contributed by atoms with Gasteiger partial charge >= 0.3 is 0 Å². The number of aryl methyl sites for hydroxylation is 2. The van der Waals surface area contributed by atoms with Crippen LogP contribution in [0.2, 0.25) is 0 Å². The number of carbonyl (C=O) groups excluding carboxylic acids is 1. The first kappa shape index (κ1) is 17.2. The van der Waals surface area contributed by atoms with E-state index in [1.807, 2.05) is 67.8 Å². The van der Waals surface area contributed by atoms with Crippen LogP contribution in [0.4, 0.5) is 5.69 Å². The van der Waals surface area contributed by atoms with Crippen molar-refractivity contribution >= 4 is 27.9 Å². The smallest absolute Gasteiger partial charge is 0.271 e. The zero-order valence-electron chi connectivity index (χ0n) is 14.9. The van der Waals surface area contributed by atoms with E-state index in [-0.39, 0.29) is 11.1 Å². The molecular weight excluding hydrogens is 358 g/mol. The maximum absolute atomic E-state index is 13.1. The van der Waals surface area contributed by atoms with Crippen LogP contribution in [0.3, 0.4) is 0 Å². The van der Waals surface area contributed by atoms with Gasteiger partial charge in [0, 0.05) is 17.3 Å². The van der Waals surface area contributed by atoms with Gasteiger partial charge < -0.3 is 5.32 Å². The van der Waals surface area contributed by atoms with Crippen molar-refractivity contribution in [3.05, 3.63) is 87.2 Å². The van der Waals surface area contributed by atoms with E-state index in [0.29, 0.717) is 4.96 Å². The summed E-state index contributed by atoms with van der Waals surface area (Å²) in [6.45, 7) is 3.84. The second kappa shape index (κ2) is 6.81. The molecule has 0 fully saturated rings. The third kappa shape index (κ3) is 3.04. The predicted molar refractivity (Wildman–Crippen MR) is 109 cm³/mol. The van der Waals surface area contributed by atoms with E-state index in [1.165, 1.54) is 21.9 Å². The molecule has 0 aliphatic carbocycles. The van der Waals surface area contributed by atoms with Crippen molar-refractivity contribution in [2.24, 2.45) is 0 Å². The molecule has 0 aliphatic heterocycles. The van der Waals surface area contributed by atoms with Crippen LogP contribution in [0.25, 0.3) is 16.2 Å². The molecule has 4 aromatic rings. The molecule has 0 atom stereocenters. The van der Waals surface area contributed by atoms with Crippen LogP contribution in [-0.2, 0) is 0 Å². The highest BCUT2D eigenvalue weighted by Crippen LogP contribution is 2.24. The van der Waals surface area contributed by atoms with Gasteiger partial charge in [-0.05, 0) is 30.5 Å². The molecule has 2 aromatic carbocycles. The number of para-hydroxylation sites is 1. The van der Waals surface area contributed by atoms with Gasteiger partial charge in [-0.3, -0.25) is 14.0 Å². The number of nitrogens with zero attached hydrogens (tertiary/aromatic N) is 2. The number of aromatic nitrogens is 2. The lowest BCUT2D eigenvalue weighted by Crippen LogP contribution is -2.27. The number of nitrogens with one attached hydrogen (secondary N) is 1. The number of benzene rings is 2. The van der Waals surface area contributed by atoms with Crippen LogP contribution in [0, 0.1) is 13.8 Å². The summed E-state index contributed by atoms with van der Waals surface area (Å²) in [6, 6.07) is 15.4. The highest BCUT2D eigenvalue weighted by molar-refractivity contribution is 7.15. The van der Waals surface area contributed by atoms with Crippen molar-refractivity contribution in [3.63, 3.8) is 0 Å². The van der Waals surface area contributed by atoms with Crippen molar-refractivity contribution in [1.82, 2.24) is 9.38 Å². The molecule has 5 nitrogen and oxygen atoms in total. The van der Waals surface area contributed by atoms with Gasteiger partial charge in [-0.2, -0.15) is 0 Å². The van der Waals surface area contributed by atoms with Crippen LogP contribution in [0.15, 0.2) is 64.9 Å². The average molecular weight is 375 g/mol. The SMILES string of the molecule is Cc1cccc(C)c1NC(=O)c1cnc2scc(-c3ccccc3)n2c1=O. The van der Waals surface area contributed by atoms with Gasteiger partial charge in [0.25, 0.3) is 11.5 Å². The first-order chi connectivity index (χ1) is 13.1. The molecular formula is C21H17N3O2S. The second-order valence-electron chi connectivity index (χ2n) is 6.30. The van der Waals surface area contributed by atoms with Crippen LogP contribution in [-0.4, -0.2) is 15.3 Å². The number of fused-ring (bicyclic) bond motifs is 1. The van der Waals surface area contributed by atoms with Gasteiger partial charge in [-0.15, -0.1) is 11.3 Å². The lowest BCUT2D eigenvalue weighted by Gasteiger charge is -2.11. The Morgan fingerprint density at radius 3 is 2.44 bits per heavy atom. The number of carbonyl (C=O) groups is 1. The fourth-order valence-corrected chi connectivity index (χ4v) is 3.91. The van der Waals surface area contributed by atoms with E-state index in [4.69, 9.17) is 0 Å². The van der Waals surface area contributed by atoms with Gasteiger partial charge in [0.05, 0.1) is 5.69 Å². The molecule has 4 rings (SSSR count). The summed E-state index contributed by atoms with van der Waals surface area (Å²) in [4.78, 5) is 30.7. The van der Waals surface area contributed by atoms with E-state index in [2.05, 4.69) is 10.3 Å². The Morgan fingerprint density at radius 2 is 1.74 bits per heavy atom. The van der Waals surface area contributed by atoms with Gasteiger partial charge in [0.15, 0.2) is 4.96 Å². The van der Waals surface area contributed by atoms with Crippen molar-refractivity contribution in [3.8, 4) is 11.3 Å². The maximum atomic E-state index is 13.1. The first-order valence-electron chi connectivity index (χ1n) is 8.48. The number of anilines is 1. The van der Waals surface area contributed by atoms with E-state index >= 15 is 0 Å². The molecule has 0 unspecified atom stereocenters. The zero-order chi connectivity index (χ0) is 19.0. The number of rotatable bonds is 3. The summed E-state index contributed by atoms with van der Waals surface area (Å²) in [5.41, 5.74) is 3.89. The van der Waals surface area contributed by atoms with Crippen molar-refractivity contribution in [2.75, 3.05) is 5.32 Å². The Balaban J connectivity index is 1.80. The minimum absolute atomic E-state index is 0.0192. The second-order valence-corrected chi connectivity index (χ2v) is 7.14. The Bertz CT molecular complexity index is 1190. The van der Waals surface area contributed by atoms with Gasteiger partial charge in [0.2, 0.25) is 0 Å². The van der Waals surface area contributed by atoms with E-state index in [9.17, 15) is 9.59 Å². The molecule has 1 N–H and O–H groups in total.